The van der Waals surface area contributed by atoms with Crippen molar-refractivity contribution in [2.75, 3.05) is 0 Å². The van der Waals surface area contributed by atoms with E-state index in [1.54, 1.807) is 6.07 Å². The van der Waals surface area contributed by atoms with E-state index in [1.807, 2.05) is 0 Å². The number of benzene rings is 2. The number of carbonyl (C=O) groups excluding carboxylic acids is 1. The molecule has 0 spiro atoms. The van der Waals surface area contributed by atoms with Gasteiger partial charge in [-0.05, 0) is 35.9 Å². The Morgan fingerprint density at radius 2 is 2.04 bits per heavy atom. The number of rotatable bonds is 6. The van der Waals surface area contributed by atoms with Crippen LogP contribution in [0, 0.1) is 15.9 Å². The Kier molecular flexibility index (Phi) is 5.31. The summed E-state index contributed by atoms with van der Waals surface area (Å²) in [6.07, 6.45) is 2.53. The van der Waals surface area contributed by atoms with Crippen molar-refractivity contribution in [3.8, 4) is 11.4 Å². The Morgan fingerprint density at radius 3 is 2.78 bits per heavy atom. The number of esters is 1. The summed E-state index contributed by atoms with van der Waals surface area (Å²) in [5.41, 5.74) is 0.963. The number of nitro benzene ring substituents is 1. The van der Waals surface area contributed by atoms with Gasteiger partial charge in [0.05, 0.1) is 4.92 Å². The van der Waals surface area contributed by atoms with Crippen molar-refractivity contribution in [3.05, 3.63) is 82.0 Å². The van der Waals surface area contributed by atoms with Gasteiger partial charge >= 0.3 is 5.97 Å². The van der Waals surface area contributed by atoms with Crippen LogP contribution >= 0.6 is 0 Å². The second-order valence-electron chi connectivity index (χ2n) is 5.31. The van der Waals surface area contributed by atoms with E-state index >= 15 is 0 Å². The second-order valence-corrected chi connectivity index (χ2v) is 5.31. The third kappa shape index (κ3) is 4.82. The molecule has 0 radical (unpaired) electrons. The topological polar surface area (TPSA) is 108 Å². The number of ether oxygens (including phenoxy) is 1. The van der Waals surface area contributed by atoms with Crippen molar-refractivity contribution >= 4 is 17.7 Å². The van der Waals surface area contributed by atoms with Gasteiger partial charge < -0.3 is 9.26 Å². The van der Waals surface area contributed by atoms with Crippen molar-refractivity contribution in [1.29, 1.82) is 0 Å². The molecule has 0 unspecified atom stereocenters. The highest BCUT2D eigenvalue weighted by Gasteiger charge is 2.10. The summed E-state index contributed by atoms with van der Waals surface area (Å²) in [5, 5.41) is 14.5. The molecule has 136 valence electrons. The predicted octanol–water partition coefficient (Wildman–Crippen LogP) is 3.54. The maximum atomic E-state index is 12.9. The number of hydrogen-bond acceptors (Lipinski definition) is 7. The summed E-state index contributed by atoms with van der Waals surface area (Å²) in [6.45, 7) is -0.244. The van der Waals surface area contributed by atoms with Gasteiger partial charge in [0.25, 0.3) is 11.6 Å². The van der Waals surface area contributed by atoms with Gasteiger partial charge in [0.15, 0.2) is 6.61 Å². The molecule has 0 aliphatic rings. The molecule has 0 saturated carbocycles. The monoisotopic (exact) mass is 369 g/mol. The average Bonchev–Trinajstić information content (AvgIpc) is 3.14. The van der Waals surface area contributed by atoms with Crippen LogP contribution in [0.1, 0.15) is 11.5 Å². The first-order valence-corrected chi connectivity index (χ1v) is 7.69. The van der Waals surface area contributed by atoms with Gasteiger partial charge in [0.2, 0.25) is 5.82 Å². The van der Waals surface area contributed by atoms with Crippen LogP contribution in [0.25, 0.3) is 17.5 Å². The highest BCUT2D eigenvalue weighted by Crippen LogP contribution is 2.17. The summed E-state index contributed by atoms with van der Waals surface area (Å²) in [7, 11) is 0. The van der Waals surface area contributed by atoms with Crippen molar-refractivity contribution in [2.45, 2.75) is 6.61 Å². The lowest BCUT2D eigenvalue weighted by molar-refractivity contribution is -0.384. The van der Waals surface area contributed by atoms with E-state index < -0.39 is 10.9 Å². The first kappa shape index (κ1) is 17.9. The number of carbonyl (C=O) groups is 1. The fraction of sp³-hybridized carbons (Fsp3) is 0.0556. The molecule has 0 atom stereocenters. The Morgan fingerprint density at radius 1 is 1.26 bits per heavy atom. The van der Waals surface area contributed by atoms with Crippen LogP contribution in [-0.4, -0.2) is 21.0 Å². The lowest BCUT2D eigenvalue weighted by atomic mass is 10.2. The fourth-order valence-corrected chi connectivity index (χ4v) is 2.12. The van der Waals surface area contributed by atoms with Crippen LogP contribution in [0.4, 0.5) is 10.1 Å². The van der Waals surface area contributed by atoms with E-state index in [-0.39, 0.29) is 29.8 Å². The van der Waals surface area contributed by atoms with Crippen LogP contribution in [0.2, 0.25) is 0 Å². The summed E-state index contributed by atoms with van der Waals surface area (Å²) in [6, 6.07) is 11.3. The Balaban J connectivity index is 1.57. The zero-order valence-electron chi connectivity index (χ0n) is 13.7. The number of aromatic nitrogens is 2. The molecule has 1 heterocycles. The van der Waals surface area contributed by atoms with E-state index in [1.165, 1.54) is 48.5 Å². The first-order chi connectivity index (χ1) is 13.0. The van der Waals surface area contributed by atoms with Gasteiger partial charge in [0.1, 0.15) is 5.82 Å². The third-order valence-corrected chi connectivity index (χ3v) is 3.40. The second kappa shape index (κ2) is 8.00. The van der Waals surface area contributed by atoms with Gasteiger partial charge in [0, 0.05) is 23.8 Å². The van der Waals surface area contributed by atoms with E-state index in [0.717, 1.165) is 6.08 Å². The molecule has 0 aliphatic heterocycles. The molecule has 1 aromatic heterocycles. The van der Waals surface area contributed by atoms with Crippen molar-refractivity contribution < 1.29 is 23.4 Å². The number of nitrogens with zero attached hydrogens (tertiary/aromatic N) is 3. The predicted molar refractivity (Wildman–Crippen MR) is 91.6 cm³/mol. The quantitative estimate of drug-likeness (QED) is 0.283. The molecule has 3 aromatic rings. The van der Waals surface area contributed by atoms with Crippen molar-refractivity contribution in [3.63, 3.8) is 0 Å². The zero-order chi connectivity index (χ0) is 19.2. The molecule has 0 amide bonds. The standard InChI is InChI=1S/C18H12FN3O5/c19-14-7-5-13(6-8-14)18-20-16(27-21-18)11-26-17(23)9-4-12-2-1-3-15(10-12)22(24)25/h1-10H,11H2/b9-4+. The lowest BCUT2D eigenvalue weighted by Gasteiger charge is -1.97. The maximum absolute atomic E-state index is 12.9. The minimum Gasteiger partial charge on any atom is -0.452 e. The molecular weight excluding hydrogens is 357 g/mol. The molecule has 0 saturated heterocycles. The molecule has 27 heavy (non-hydrogen) atoms. The summed E-state index contributed by atoms with van der Waals surface area (Å²) in [5.74, 6) is -0.741. The minimum atomic E-state index is -0.678. The van der Waals surface area contributed by atoms with Gasteiger partial charge in [-0.1, -0.05) is 17.3 Å². The van der Waals surface area contributed by atoms with Crippen LogP contribution in [0.5, 0.6) is 0 Å². The van der Waals surface area contributed by atoms with Crippen LogP contribution in [-0.2, 0) is 16.1 Å². The smallest absolute Gasteiger partial charge is 0.331 e. The van der Waals surface area contributed by atoms with Gasteiger partial charge in [-0.15, -0.1) is 0 Å². The highest BCUT2D eigenvalue weighted by atomic mass is 19.1. The van der Waals surface area contributed by atoms with Crippen LogP contribution < -0.4 is 0 Å². The van der Waals surface area contributed by atoms with E-state index in [2.05, 4.69) is 10.1 Å². The Bertz CT molecular complexity index is 998. The van der Waals surface area contributed by atoms with E-state index in [4.69, 9.17) is 9.26 Å². The number of nitro groups is 1. The van der Waals surface area contributed by atoms with Gasteiger partial charge in [-0.2, -0.15) is 4.98 Å². The lowest BCUT2D eigenvalue weighted by Crippen LogP contribution is -2.01. The summed E-state index contributed by atoms with van der Waals surface area (Å²) in [4.78, 5) is 26.0. The fourth-order valence-electron chi connectivity index (χ4n) is 2.12. The molecule has 8 nitrogen and oxygen atoms in total. The molecule has 2 aromatic carbocycles. The number of hydrogen-bond donors (Lipinski definition) is 0. The average molecular weight is 369 g/mol. The molecule has 3 rings (SSSR count). The first-order valence-electron chi connectivity index (χ1n) is 7.69. The molecule has 0 fully saturated rings. The van der Waals surface area contributed by atoms with E-state index in [9.17, 15) is 19.3 Å². The third-order valence-electron chi connectivity index (χ3n) is 3.40. The van der Waals surface area contributed by atoms with Crippen LogP contribution in [0.15, 0.2) is 59.1 Å². The molecular formula is C18H12FN3O5. The highest BCUT2D eigenvalue weighted by molar-refractivity contribution is 5.87. The zero-order valence-corrected chi connectivity index (χ0v) is 13.7. The van der Waals surface area contributed by atoms with Crippen LogP contribution in [0.3, 0.4) is 0 Å². The van der Waals surface area contributed by atoms with Gasteiger partial charge in [-0.3, -0.25) is 10.1 Å². The Hall–Kier alpha value is -3.88. The number of non-ortho nitro benzene ring substituents is 1. The largest absolute Gasteiger partial charge is 0.452 e. The normalized spacial score (nSPS) is 10.9. The SMILES string of the molecule is O=C(/C=C/c1cccc([N+](=O)[O-])c1)OCc1nc(-c2ccc(F)cc2)no1. The Labute approximate surface area is 152 Å². The van der Waals surface area contributed by atoms with Crippen molar-refractivity contribution in [2.24, 2.45) is 0 Å². The van der Waals surface area contributed by atoms with Crippen molar-refractivity contribution in [1.82, 2.24) is 10.1 Å². The van der Waals surface area contributed by atoms with E-state index in [0.29, 0.717) is 11.1 Å². The maximum Gasteiger partial charge on any atom is 0.331 e. The summed E-state index contributed by atoms with van der Waals surface area (Å²) < 4.78 is 22.9. The molecule has 0 N–H and O–H groups in total. The minimum absolute atomic E-state index is 0.0754. The molecule has 0 aliphatic carbocycles. The van der Waals surface area contributed by atoms with Gasteiger partial charge in [-0.25, -0.2) is 9.18 Å². The molecule has 9 heteroatoms. The number of halogens is 1. The molecule has 0 bridgehead atoms. The summed E-state index contributed by atoms with van der Waals surface area (Å²) >= 11 is 0.